The lowest BCUT2D eigenvalue weighted by Gasteiger charge is -2.25. The van der Waals surface area contributed by atoms with Gasteiger partial charge in [-0.2, -0.15) is 5.26 Å². The molecule has 0 radical (unpaired) electrons. The highest BCUT2D eigenvalue weighted by atomic mass is 32.2. The first kappa shape index (κ1) is 10.6. The van der Waals surface area contributed by atoms with Gasteiger partial charge in [-0.05, 0) is 25.0 Å². The molecule has 0 heterocycles. The minimum absolute atomic E-state index is 0.204. The highest BCUT2D eigenvalue weighted by Crippen LogP contribution is 2.47. The summed E-state index contributed by atoms with van der Waals surface area (Å²) < 4.78 is 0.204. The summed E-state index contributed by atoms with van der Waals surface area (Å²) in [5, 5.41) is 8.91. The molecule has 1 aliphatic rings. The summed E-state index contributed by atoms with van der Waals surface area (Å²) in [6.45, 7) is 0. The van der Waals surface area contributed by atoms with Gasteiger partial charge < -0.3 is 0 Å². The fourth-order valence-electron chi connectivity index (χ4n) is 2.22. The van der Waals surface area contributed by atoms with E-state index in [9.17, 15) is 0 Å². The molecule has 0 unspecified atom stereocenters. The molecule has 1 saturated carbocycles. The fraction of sp³-hybridized carbons (Fsp3) is 0.462. The molecule has 1 nitrogen and oxygen atoms in total. The predicted molar refractivity (Wildman–Crippen MR) is 63.7 cm³/mol. The number of rotatable bonds is 3. The molecule has 0 saturated heterocycles. The van der Waals surface area contributed by atoms with Crippen LogP contribution in [0.15, 0.2) is 35.2 Å². The number of benzene rings is 1. The highest BCUT2D eigenvalue weighted by molar-refractivity contribution is 8.00. The third-order valence-electron chi connectivity index (χ3n) is 2.99. The van der Waals surface area contributed by atoms with Gasteiger partial charge in [0.25, 0.3) is 0 Å². The van der Waals surface area contributed by atoms with Crippen molar-refractivity contribution in [3.05, 3.63) is 30.3 Å². The zero-order valence-corrected chi connectivity index (χ0v) is 9.59. The predicted octanol–water partition coefficient (Wildman–Crippen LogP) is 4.01. The molecule has 0 aromatic heterocycles. The van der Waals surface area contributed by atoms with Crippen molar-refractivity contribution in [2.75, 3.05) is 0 Å². The lowest BCUT2D eigenvalue weighted by molar-refractivity contribution is 0.623. The summed E-state index contributed by atoms with van der Waals surface area (Å²) in [6, 6.07) is 12.8. The molecule has 1 aliphatic carbocycles. The second-order valence-corrected chi connectivity index (χ2v) is 5.68. The van der Waals surface area contributed by atoms with Crippen LogP contribution in [-0.2, 0) is 0 Å². The van der Waals surface area contributed by atoms with Crippen molar-refractivity contribution in [3.8, 4) is 6.07 Å². The van der Waals surface area contributed by atoms with Gasteiger partial charge in [-0.3, -0.25) is 0 Å². The minimum atomic E-state index is 0.204. The molecule has 0 spiro atoms. The summed E-state index contributed by atoms with van der Waals surface area (Å²) in [7, 11) is 0. The largest absolute Gasteiger partial charge is 0.198 e. The van der Waals surface area contributed by atoms with Crippen molar-refractivity contribution in [3.63, 3.8) is 0 Å². The lowest BCUT2D eigenvalue weighted by atomic mass is 10.0. The highest BCUT2D eigenvalue weighted by Gasteiger charge is 2.34. The van der Waals surface area contributed by atoms with Gasteiger partial charge in [-0.25, -0.2) is 0 Å². The van der Waals surface area contributed by atoms with E-state index >= 15 is 0 Å². The van der Waals surface area contributed by atoms with Gasteiger partial charge in [0, 0.05) is 9.64 Å². The number of nitrogens with zero attached hydrogens (tertiary/aromatic N) is 1. The maximum Gasteiger partial charge on any atom is 0.0636 e. The molecular formula is C13H15NS. The van der Waals surface area contributed by atoms with Crippen LogP contribution in [0.4, 0.5) is 0 Å². The molecule has 1 aromatic rings. The van der Waals surface area contributed by atoms with Gasteiger partial charge in [0.2, 0.25) is 0 Å². The van der Waals surface area contributed by atoms with Gasteiger partial charge in [0.15, 0.2) is 0 Å². The molecule has 0 amide bonds. The number of thioether (sulfide) groups is 1. The number of nitriles is 1. The Balaban J connectivity index is 2.11. The Morgan fingerprint density at radius 2 is 1.87 bits per heavy atom. The molecule has 2 heteroatoms. The van der Waals surface area contributed by atoms with Crippen molar-refractivity contribution in [2.24, 2.45) is 0 Å². The molecule has 15 heavy (non-hydrogen) atoms. The molecule has 2 rings (SSSR count). The smallest absolute Gasteiger partial charge is 0.0636 e. The van der Waals surface area contributed by atoms with Crippen LogP contribution in [0, 0.1) is 11.3 Å². The monoisotopic (exact) mass is 217 g/mol. The average Bonchev–Trinajstić information content (AvgIpc) is 2.69. The Bertz CT molecular complexity index is 347. The summed E-state index contributed by atoms with van der Waals surface area (Å²) in [6.07, 6.45) is 5.63. The minimum Gasteiger partial charge on any atom is -0.198 e. The first-order chi connectivity index (χ1) is 7.35. The van der Waals surface area contributed by atoms with Crippen LogP contribution in [0.5, 0.6) is 0 Å². The second kappa shape index (κ2) is 4.72. The standard InChI is InChI=1S/C13H15NS/c14-11-10-13(8-4-5-9-13)15-12-6-2-1-3-7-12/h1-3,6-7H,4-5,8-10H2. The SMILES string of the molecule is N#CCC1(Sc2ccccc2)CCCC1. The Labute approximate surface area is 95.5 Å². The first-order valence-electron chi connectivity index (χ1n) is 5.46. The van der Waals surface area contributed by atoms with E-state index in [1.807, 2.05) is 17.8 Å². The van der Waals surface area contributed by atoms with Crippen LogP contribution in [0.2, 0.25) is 0 Å². The van der Waals surface area contributed by atoms with Gasteiger partial charge in [-0.1, -0.05) is 31.0 Å². The first-order valence-corrected chi connectivity index (χ1v) is 6.27. The van der Waals surface area contributed by atoms with Crippen LogP contribution in [0.25, 0.3) is 0 Å². The molecule has 0 N–H and O–H groups in total. The second-order valence-electron chi connectivity index (χ2n) is 4.14. The Hall–Kier alpha value is -0.940. The third kappa shape index (κ3) is 2.54. The molecular weight excluding hydrogens is 202 g/mol. The third-order valence-corrected chi connectivity index (χ3v) is 4.49. The Kier molecular flexibility index (Phi) is 3.33. The van der Waals surface area contributed by atoms with Gasteiger partial charge >= 0.3 is 0 Å². The number of hydrogen-bond acceptors (Lipinski definition) is 2. The van der Waals surface area contributed by atoms with E-state index in [1.165, 1.54) is 30.6 Å². The van der Waals surface area contributed by atoms with Gasteiger partial charge in [0.1, 0.15) is 0 Å². The van der Waals surface area contributed by atoms with Crippen LogP contribution in [0.1, 0.15) is 32.1 Å². The van der Waals surface area contributed by atoms with Crippen LogP contribution >= 0.6 is 11.8 Å². The Morgan fingerprint density at radius 1 is 1.20 bits per heavy atom. The van der Waals surface area contributed by atoms with Gasteiger partial charge in [-0.15, -0.1) is 11.8 Å². The van der Waals surface area contributed by atoms with Crippen LogP contribution in [-0.4, -0.2) is 4.75 Å². The van der Waals surface area contributed by atoms with E-state index < -0.39 is 0 Å². The summed E-state index contributed by atoms with van der Waals surface area (Å²) in [5.74, 6) is 0. The molecule has 1 fully saturated rings. The van der Waals surface area contributed by atoms with E-state index in [-0.39, 0.29) is 4.75 Å². The lowest BCUT2D eigenvalue weighted by Crippen LogP contribution is -2.18. The van der Waals surface area contributed by atoms with Crippen molar-refractivity contribution < 1.29 is 0 Å². The maximum absolute atomic E-state index is 8.91. The average molecular weight is 217 g/mol. The molecule has 0 aliphatic heterocycles. The van der Waals surface area contributed by atoms with E-state index in [4.69, 9.17) is 5.26 Å². The summed E-state index contributed by atoms with van der Waals surface area (Å²) >= 11 is 1.90. The molecule has 0 atom stereocenters. The fourth-order valence-corrected chi connectivity index (χ4v) is 3.64. The summed E-state index contributed by atoms with van der Waals surface area (Å²) in [4.78, 5) is 1.30. The van der Waals surface area contributed by atoms with Crippen LogP contribution < -0.4 is 0 Å². The van der Waals surface area contributed by atoms with Gasteiger partial charge in [0.05, 0.1) is 12.5 Å². The number of hydrogen-bond donors (Lipinski definition) is 0. The topological polar surface area (TPSA) is 23.8 Å². The van der Waals surface area contributed by atoms with Crippen molar-refractivity contribution >= 4 is 11.8 Å². The molecule has 78 valence electrons. The summed E-state index contributed by atoms with van der Waals surface area (Å²) in [5.41, 5.74) is 0. The zero-order valence-electron chi connectivity index (χ0n) is 8.78. The van der Waals surface area contributed by atoms with E-state index in [1.54, 1.807) is 0 Å². The normalized spacial score (nSPS) is 18.6. The van der Waals surface area contributed by atoms with Crippen molar-refractivity contribution in [2.45, 2.75) is 41.7 Å². The maximum atomic E-state index is 8.91. The van der Waals surface area contributed by atoms with Crippen molar-refractivity contribution in [1.82, 2.24) is 0 Å². The molecule has 0 bridgehead atoms. The van der Waals surface area contributed by atoms with E-state index in [2.05, 4.69) is 30.3 Å². The van der Waals surface area contributed by atoms with Crippen molar-refractivity contribution in [1.29, 1.82) is 5.26 Å². The van der Waals surface area contributed by atoms with E-state index in [0.29, 0.717) is 6.42 Å². The van der Waals surface area contributed by atoms with Crippen LogP contribution in [0.3, 0.4) is 0 Å². The van der Waals surface area contributed by atoms with E-state index in [0.717, 1.165) is 0 Å². The Morgan fingerprint density at radius 3 is 2.47 bits per heavy atom. The quantitative estimate of drug-likeness (QED) is 0.764. The zero-order chi connectivity index (χ0) is 10.6. The molecule has 1 aromatic carbocycles.